The van der Waals surface area contributed by atoms with E-state index in [0.29, 0.717) is 42.6 Å². The minimum Gasteiger partial charge on any atom is -0.497 e. The van der Waals surface area contributed by atoms with Gasteiger partial charge in [-0.05, 0) is 48.2 Å². The van der Waals surface area contributed by atoms with E-state index in [-0.39, 0.29) is 6.04 Å². The minimum absolute atomic E-state index is 0.350. The highest BCUT2D eigenvalue weighted by atomic mass is 16.5. The van der Waals surface area contributed by atoms with Gasteiger partial charge in [-0.15, -0.1) is 0 Å². The van der Waals surface area contributed by atoms with Crippen molar-refractivity contribution in [3.63, 3.8) is 0 Å². The number of methoxy groups -OCH3 is 3. The summed E-state index contributed by atoms with van der Waals surface area (Å²) < 4.78 is 22.8. The van der Waals surface area contributed by atoms with Crippen LogP contribution in [0, 0.1) is 0 Å². The number of likely N-dealkylation sites (tertiary alicyclic amines) is 1. The van der Waals surface area contributed by atoms with Crippen LogP contribution in [-0.4, -0.2) is 49.9 Å². The van der Waals surface area contributed by atoms with Crippen LogP contribution < -0.4 is 18.9 Å². The molecule has 1 saturated heterocycles. The second kappa shape index (κ2) is 11.1. The monoisotopic (exact) mass is 477 g/mol. The number of ether oxygens (including phenoxy) is 4. The number of carboxylic acids is 1. The molecule has 1 heterocycles. The maximum absolute atomic E-state index is 12.1. The number of benzene rings is 3. The van der Waals surface area contributed by atoms with Crippen LogP contribution in [0.3, 0.4) is 0 Å². The second-order valence-electron chi connectivity index (χ2n) is 8.43. The first-order valence-electron chi connectivity index (χ1n) is 11.6. The summed E-state index contributed by atoms with van der Waals surface area (Å²) >= 11 is 0. The average Bonchev–Trinajstić information content (AvgIpc) is 3.38. The third-order valence-electron chi connectivity index (χ3n) is 6.39. The Hall–Kier alpha value is -3.71. The van der Waals surface area contributed by atoms with Crippen molar-refractivity contribution in [2.45, 2.75) is 31.5 Å². The fourth-order valence-electron chi connectivity index (χ4n) is 4.67. The van der Waals surface area contributed by atoms with E-state index in [1.54, 1.807) is 21.3 Å². The molecule has 0 bridgehead atoms. The molecule has 1 aliphatic rings. The van der Waals surface area contributed by atoms with Crippen molar-refractivity contribution < 1.29 is 28.8 Å². The smallest absolute Gasteiger partial charge is 0.320 e. The SMILES string of the molecule is COc1ccc(C(c2ccc(OCc3ccccc3)c(OC)c2)N2CCCC2C(=O)O)c(OC)c1. The Labute approximate surface area is 205 Å². The van der Waals surface area contributed by atoms with Crippen molar-refractivity contribution in [2.75, 3.05) is 27.9 Å². The summed E-state index contributed by atoms with van der Waals surface area (Å²) in [5.74, 6) is 1.69. The van der Waals surface area contributed by atoms with Crippen LogP contribution in [-0.2, 0) is 11.4 Å². The number of rotatable bonds is 10. The molecule has 0 aliphatic carbocycles. The van der Waals surface area contributed by atoms with E-state index in [1.165, 1.54) is 0 Å². The molecule has 0 radical (unpaired) electrons. The molecule has 1 fully saturated rings. The molecule has 35 heavy (non-hydrogen) atoms. The summed E-state index contributed by atoms with van der Waals surface area (Å²) in [6, 6.07) is 20.4. The maximum Gasteiger partial charge on any atom is 0.320 e. The highest BCUT2D eigenvalue weighted by Crippen LogP contribution is 2.42. The van der Waals surface area contributed by atoms with Crippen LogP contribution in [0.2, 0.25) is 0 Å². The largest absolute Gasteiger partial charge is 0.497 e. The summed E-state index contributed by atoms with van der Waals surface area (Å²) in [5, 5.41) is 9.92. The molecule has 0 saturated carbocycles. The van der Waals surface area contributed by atoms with Gasteiger partial charge in [0.05, 0.1) is 27.4 Å². The van der Waals surface area contributed by atoms with Gasteiger partial charge in [-0.2, -0.15) is 0 Å². The van der Waals surface area contributed by atoms with Crippen molar-refractivity contribution >= 4 is 5.97 Å². The Kier molecular flexibility index (Phi) is 7.77. The number of carbonyl (C=O) groups is 1. The number of nitrogens with zero attached hydrogens (tertiary/aromatic N) is 1. The van der Waals surface area contributed by atoms with Crippen molar-refractivity contribution in [3.05, 3.63) is 83.4 Å². The predicted octanol–water partition coefficient (Wildman–Crippen LogP) is 4.93. The molecule has 3 aromatic carbocycles. The molecule has 0 spiro atoms. The van der Waals surface area contributed by atoms with E-state index in [9.17, 15) is 9.90 Å². The first-order valence-corrected chi connectivity index (χ1v) is 11.6. The van der Waals surface area contributed by atoms with E-state index >= 15 is 0 Å². The summed E-state index contributed by atoms with van der Waals surface area (Å²) in [4.78, 5) is 14.1. The third-order valence-corrected chi connectivity index (χ3v) is 6.39. The van der Waals surface area contributed by atoms with E-state index in [4.69, 9.17) is 18.9 Å². The lowest BCUT2D eigenvalue weighted by Gasteiger charge is -2.33. The van der Waals surface area contributed by atoms with Crippen LogP contribution >= 0.6 is 0 Å². The zero-order chi connectivity index (χ0) is 24.8. The average molecular weight is 478 g/mol. The van der Waals surface area contributed by atoms with E-state index < -0.39 is 12.0 Å². The van der Waals surface area contributed by atoms with Crippen LogP contribution in [0.1, 0.15) is 35.6 Å². The van der Waals surface area contributed by atoms with Gasteiger partial charge in [0.1, 0.15) is 24.1 Å². The van der Waals surface area contributed by atoms with E-state index in [2.05, 4.69) is 0 Å². The number of hydrogen-bond donors (Lipinski definition) is 1. The molecule has 1 N–H and O–H groups in total. The Balaban J connectivity index is 1.74. The first kappa shape index (κ1) is 24.4. The third kappa shape index (κ3) is 5.35. The van der Waals surface area contributed by atoms with Crippen molar-refractivity contribution in [3.8, 4) is 23.0 Å². The van der Waals surface area contributed by atoms with Crippen molar-refractivity contribution in [2.24, 2.45) is 0 Å². The van der Waals surface area contributed by atoms with Crippen molar-refractivity contribution in [1.82, 2.24) is 4.90 Å². The highest BCUT2D eigenvalue weighted by molar-refractivity contribution is 5.74. The minimum atomic E-state index is -0.824. The predicted molar refractivity (Wildman–Crippen MR) is 133 cm³/mol. The van der Waals surface area contributed by atoms with Gasteiger partial charge in [-0.1, -0.05) is 36.4 Å². The lowest BCUT2D eigenvalue weighted by atomic mass is 9.94. The Morgan fingerprint density at radius 1 is 0.943 bits per heavy atom. The maximum atomic E-state index is 12.1. The van der Waals surface area contributed by atoms with E-state index in [1.807, 2.05) is 71.6 Å². The van der Waals surface area contributed by atoms with Crippen molar-refractivity contribution in [1.29, 1.82) is 0 Å². The van der Waals surface area contributed by atoms with Gasteiger partial charge in [-0.3, -0.25) is 9.69 Å². The summed E-state index contributed by atoms with van der Waals surface area (Å²) in [6.45, 7) is 1.07. The Bertz CT molecular complexity index is 1150. The normalized spacial score (nSPS) is 16.5. The molecule has 3 aromatic rings. The quantitative estimate of drug-likeness (QED) is 0.444. The lowest BCUT2D eigenvalue weighted by Crippen LogP contribution is -2.39. The van der Waals surface area contributed by atoms with Crippen LogP contribution in [0.25, 0.3) is 0 Å². The van der Waals surface area contributed by atoms with Gasteiger partial charge < -0.3 is 24.1 Å². The standard InChI is InChI=1S/C28H31NO6/c1-32-21-12-13-22(25(17-21)33-2)27(29-15-7-10-23(29)28(30)31)20-11-14-24(26(16-20)34-3)35-18-19-8-5-4-6-9-19/h4-6,8-9,11-14,16-17,23,27H,7,10,15,18H2,1-3H3,(H,30,31). The van der Waals surface area contributed by atoms with Crippen LogP contribution in [0.4, 0.5) is 0 Å². The molecule has 7 nitrogen and oxygen atoms in total. The van der Waals surface area contributed by atoms with E-state index in [0.717, 1.165) is 23.1 Å². The fourth-order valence-corrected chi connectivity index (χ4v) is 4.67. The molecule has 7 heteroatoms. The van der Waals surface area contributed by atoms with Gasteiger partial charge in [0.25, 0.3) is 0 Å². The molecule has 4 rings (SSSR count). The zero-order valence-corrected chi connectivity index (χ0v) is 20.3. The van der Waals surface area contributed by atoms with Crippen LogP contribution in [0.5, 0.6) is 23.0 Å². The molecular formula is C28H31NO6. The molecule has 2 atom stereocenters. The van der Waals surface area contributed by atoms with Gasteiger partial charge in [0.15, 0.2) is 11.5 Å². The van der Waals surface area contributed by atoms with Gasteiger partial charge >= 0.3 is 5.97 Å². The number of aliphatic carboxylic acids is 1. The topological polar surface area (TPSA) is 77.5 Å². The zero-order valence-electron chi connectivity index (χ0n) is 20.3. The molecule has 1 aliphatic heterocycles. The molecular weight excluding hydrogens is 446 g/mol. The van der Waals surface area contributed by atoms with Gasteiger partial charge in [0.2, 0.25) is 0 Å². The highest BCUT2D eigenvalue weighted by Gasteiger charge is 2.38. The summed E-state index contributed by atoms with van der Waals surface area (Å²) in [6.07, 6.45) is 1.40. The Morgan fingerprint density at radius 3 is 2.40 bits per heavy atom. The molecule has 0 aromatic heterocycles. The lowest BCUT2D eigenvalue weighted by molar-refractivity contribution is -0.142. The molecule has 2 unspecified atom stereocenters. The van der Waals surface area contributed by atoms with Gasteiger partial charge in [0, 0.05) is 18.2 Å². The fraction of sp³-hybridized carbons (Fsp3) is 0.321. The Morgan fingerprint density at radius 2 is 1.71 bits per heavy atom. The number of carboxylic acid groups (broad SMARTS) is 1. The first-order chi connectivity index (χ1) is 17.0. The summed E-state index contributed by atoms with van der Waals surface area (Å²) in [5.41, 5.74) is 2.81. The molecule has 0 amide bonds. The second-order valence-corrected chi connectivity index (χ2v) is 8.43. The van der Waals surface area contributed by atoms with Gasteiger partial charge in [-0.25, -0.2) is 0 Å². The number of hydrogen-bond acceptors (Lipinski definition) is 6. The summed E-state index contributed by atoms with van der Waals surface area (Å²) in [7, 11) is 4.81. The van der Waals surface area contributed by atoms with Crippen LogP contribution in [0.15, 0.2) is 66.7 Å². The molecule has 184 valence electrons.